The number of nitrogens with zero attached hydrogens (tertiary/aromatic N) is 2. The molecule has 0 atom stereocenters. The van der Waals surface area contributed by atoms with E-state index in [2.05, 4.69) is 32.8 Å². The highest BCUT2D eigenvalue weighted by atomic mass is 79.9. The molecule has 2 nitrogen and oxygen atoms in total. The zero-order chi connectivity index (χ0) is 14.0. The fourth-order valence-corrected chi connectivity index (χ4v) is 2.49. The first-order chi connectivity index (χ1) is 8.86. The van der Waals surface area contributed by atoms with Crippen LogP contribution in [-0.4, -0.2) is 43.0 Å². The predicted molar refractivity (Wildman–Crippen MR) is 71.9 cm³/mol. The Morgan fingerprint density at radius 2 is 1.79 bits per heavy atom. The van der Waals surface area contributed by atoms with Gasteiger partial charge in [0.2, 0.25) is 0 Å². The second-order valence-corrected chi connectivity index (χ2v) is 5.74. The molecule has 1 aromatic carbocycles. The summed E-state index contributed by atoms with van der Waals surface area (Å²) in [4.78, 5) is 4.40. The van der Waals surface area contributed by atoms with Crippen molar-refractivity contribution in [3.05, 3.63) is 33.8 Å². The Hall–Kier alpha value is -0.590. The SMILES string of the molecule is CN1CCN(Cc2cc(C(F)(F)F)ccc2Br)CC1. The van der Waals surface area contributed by atoms with Crippen molar-refractivity contribution in [3.8, 4) is 0 Å². The third-order valence-corrected chi connectivity index (χ3v) is 4.14. The van der Waals surface area contributed by atoms with Crippen LogP contribution in [-0.2, 0) is 12.7 Å². The molecule has 0 bridgehead atoms. The zero-order valence-corrected chi connectivity index (χ0v) is 12.3. The van der Waals surface area contributed by atoms with Gasteiger partial charge in [0.1, 0.15) is 0 Å². The number of hydrogen-bond acceptors (Lipinski definition) is 2. The summed E-state index contributed by atoms with van der Waals surface area (Å²) in [5.74, 6) is 0. The molecule has 2 rings (SSSR count). The van der Waals surface area contributed by atoms with Crippen molar-refractivity contribution >= 4 is 15.9 Å². The largest absolute Gasteiger partial charge is 0.416 e. The van der Waals surface area contributed by atoms with Crippen molar-refractivity contribution in [1.29, 1.82) is 0 Å². The van der Waals surface area contributed by atoms with Gasteiger partial charge < -0.3 is 4.90 Å². The third-order valence-electron chi connectivity index (χ3n) is 3.36. The van der Waals surface area contributed by atoms with Gasteiger partial charge >= 0.3 is 6.18 Å². The van der Waals surface area contributed by atoms with Gasteiger partial charge in [-0.3, -0.25) is 4.90 Å². The van der Waals surface area contributed by atoms with Crippen molar-refractivity contribution in [1.82, 2.24) is 9.80 Å². The first-order valence-corrected chi connectivity index (χ1v) is 6.92. The molecule has 1 heterocycles. The molecular weight excluding hydrogens is 321 g/mol. The molecule has 0 aromatic heterocycles. The van der Waals surface area contributed by atoms with E-state index >= 15 is 0 Å². The number of alkyl halides is 3. The number of likely N-dealkylation sites (N-methyl/N-ethyl adjacent to an activating group) is 1. The molecule has 6 heteroatoms. The summed E-state index contributed by atoms with van der Waals surface area (Å²) in [6.45, 7) is 4.24. The van der Waals surface area contributed by atoms with Crippen molar-refractivity contribution < 1.29 is 13.2 Å². The van der Waals surface area contributed by atoms with Crippen molar-refractivity contribution in [2.45, 2.75) is 12.7 Å². The van der Waals surface area contributed by atoms with Gasteiger partial charge in [-0.1, -0.05) is 15.9 Å². The fraction of sp³-hybridized carbons (Fsp3) is 0.538. The van der Waals surface area contributed by atoms with Crippen LogP contribution in [0.15, 0.2) is 22.7 Å². The molecule has 19 heavy (non-hydrogen) atoms. The summed E-state index contributed by atoms with van der Waals surface area (Å²) in [6.07, 6.45) is -4.28. The Morgan fingerprint density at radius 1 is 1.16 bits per heavy atom. The average molecular weight is 337 g/mol. The molecule has 106 valence electrons. The molecule has 1 aliphatic heterocycles. The van der Waals surface area contributed by atoms with Crippen LogP contribution >= 0.6 is 15.9 Å². The van der Waals surface area contributed by atoms with Gasteiger partial charge in [-0.2, -0.15) is 13.2 Å². The van der Waals surface area contributed by atoms with Crippen LogP contribution in [0.1, 0.15) is 11.1 Å². The molecule has 0 radical (unpaired) electrons. The van der Waals surface area contributed by atoms with Crippen LogP contribution in [0.4, 0.5) is 13.2 Å². The minimum atomic E-state index is -4.28. The van der Waals surface area contributed by atoms with E-state index in [0.717, 1.165) is 36.7 Å². The predicted octanol–water partition coefficient (Wildman–Crippen LogP) is 3.22. The maximum Gasteiger partial charge on any atom is 0.416 e. The van der Waals surface area contributed by atoms with Crippen LogP contribution in [0.2, 0.25) is 0 Å². The van der Waals surface area contributed by atoms with Crippen LogP contribution in [0.5, 0.6) is 0 Å². The third kappa shape index (κ3) is 3.94. The maximum absolute atomic E-state index is 12.7. The topological polar surface area (TPSA) is 6.48 Å². The molecule has 1 aromatic rings. The molecular formula is C13H16BrF3N2. The highest BCUT2D eigenvalue weighted by Crippen LogP contribution is 2.32. The Bertz CT molecular complexity index is 440. The highest BCUT2D eigenvalue weighted by Gasteiger charge is 2.31. The number of rotatable bonds is 2. The van der Waals surface area contributed by atoms with Gasteiger partial charge in [0.25, 0.3) is 0 Å². The highest BCUT2D eigenvalue weighted by molar-refractivity contribution is 9.10. The molecule has 1 fully saturated rings. The van der Waals surface area contributed by atoms with Crippen LogP contribution in [0.25, 0.3) is 0 Å². The lowest BCUT2D eigenvalue weighted by Gasteiger charge is -2.32. The summed E-state index contributed by atoms with van der Waals surface area (Å²) in [5.41, 5.74) is 0.110. The monoisotopic (exact) mass is 336 g/mol. The smallest absolute Gasteiger partial charge is 0.304 e. The van der Waals surface area contributed by atoms with Gasteiger partial charge in [-0.25, -0.2) is 0 Å². The Labute approximate surface area is 119 Å². The van der Waals surface area contributed by atoms with Gasteiger partial charge in [0, 0.05) is 37.2 Å². The standard InChI is InChI=1S/C13H16BrF3N2/c1-18-4-6-19(7-5-18)9-10-8-11(13(15,16)17)2-3-12(10)14/h2-3,8H,4-7,9H2,1H3. The van der Waals surface area contributed by atoms with Gasteiger partial charge in [-0.05, 0) is 30.8 Å². The summed E-state index contributed by atoms with van der Waals surface area (Å²) in [6, 6.07) is 3.83. The second kappa shape index (κ2) is 5.81. The molecule has 0 unspecified atom stereocenters. The Kier molecular flexibility index (Phi) is 4.53. The number of piperazine rings is 1. The summed E-state index contributed by atoms with van der Waals surface area (Å²) < 4.78 is 38.8. The fourth-order valence-electron chi connectivity index (χ4n) is 2.12. The van der Waals surface area contributed by atoms with E-state index in [0.29, 0.717) is 12.1 Å². The second-order valence-electron chi connectivity index (χ2n) is 4.88. The van der Waals surface area contributed by atoms with E-state index in [4.69, 9.17) is 0 Å². The van der Waals surface area contributed by atoms with E-state index in [1.807, 2.05) is 0 Å². The number of benzene rings is 1. The quantitative estimate of drug-likeness (QED) is 0.818. The lowest BCUT2D eigenvalue weighted by atomic mass is 10.1. The number of hydrogen-bond donors (Lipinski definition) is 0. The van der Waals surface area contributed by atoms with Gasteiger partial charge in [-0.15, -0.1) is 0 Å². The molecule has 0 spiro atoms. The summed E-state index contributed by atoms with van der Waals surface area (Å²) in [7, 11) is 2.05. The molecule has 1 saturated heterocycles. The van der Waals surface area contributed by atoms with Crippen LogP contribution in [0.3, 0.4) is 0 Å². The van der Waals surface area contributed by atoms with E-state index in [-0.39, 0.29) is 0 Å². The molecule has 1 aliphatic rings. The van der Waals surface area contributed by atoms with E-state index in [1.165, 1.54) is 12.1 Å². The van der Waals surface area contributed by atoms with E-state index < -0.39 is 11.7 Å². The first kappa shape index (κ1) is 14.8. The summed E-state index contributed by atoms with van der Waals surface area (Å²) >= 11 is 3.33. The molecule has 0 N–H and O–H groups in total. The zero-order valence-electron chi connectivity index (χ0n) is 10.7. The lowest BCUT2D eigenvalue weighted by Crippen LogP contribution is -2.43. The molecule has 0 saturated carbocycles. The van der Waals surface area contributed by atoms with Crippen molar-refractivity contribution in [3.63, 3.8) is 0 Å². The minimum Gasteiger partial charge on any atom is -0.304 e. The van der Waals surface area contributed by atoms with Crippen LogP contribution in [0, 0.1) is 0 Å². The Morgan fingerprint density at radius 3 is 2.37 bits per heavy atom. The molecule has 0 amide bonds. The summed E-state index contributed by atoms with van der Waals surface area (Å²) in [5, 5.41) is 0. The van der Waals surface area contributed by atoms with Crippen LogP contribution < -0.4 is 0 Å². The van der Waals surface area contributed by atoms with E-state index in [1.54, 1.807) is 0 Å². The van der Waals surface area contributed by atoms with Gasteiger partial charge in [0.15, 0.2) is 0 Å². The average Bonchev–Trinajstić information content (AvgIpc) is 2.33. The maximum atomic E-state index is 12.7. The minimum absolute atomic E-state index is 0.554. The van der Waals surface area contributed by atoms with Crippen molar-refractivity contribution in [2.75, 3.05) is 33.2 Å². The Balaban J connectivity index is 2.11. The van der Waals surface area contributed by atoms with Gasteiger partial charge in [0.05, 0.1) is 5.56 Å². The molecule has 0 aliphatic carbocycles. The normalized spacial score (nSPS) is 18.8. The number of halogens is 4. The van der Waals surface area contributed by atoms with Crippen molar-refractivity contribution in [2.24, 2.45) is 0 Å². The lowest BCUT2D eigenvalue weighted by molar-refractivity contribution is -0.137. The van der Waals surface area contributed by atoms with E-state index in [9.17, 15) is 13.2 Å². The first-order valence-electron chi connectivity index (χ1n) is 6.13.